The van der Waals surface area contributed by atoms with Gasteiger partial charge in [0, 0.05) is 26.2 Å². The van der Waals surface area contributed by atoms with Gasteiger partial charge in [0.15, 0.2) is 0 Å². The van der Waals surface area contributed by atoms with Gasteiger partial charge in [-0.25, -0.2) is 0 Å². The number of likely N-dealkylation sites (tertiary alicyclic amines) is 1. The van der Waals surface area contributed by atoms with Crippen LogP contribution in [0.1, 0.15) is 26.2 Å². The zero-order chi connectivity index (χ0) is 12.5. The Balaban J connectivity index is 2.18. The van der Waals surface area contributed by atoms with Gasteiger partial charge in [-0.15, -0.1) is 0 Å². The fourth-order valence-corrected chi connectivity index (χ4v) is 2.52. The molecule has 1 aliphatic heterocycles. The van der Waals surface area contributed by atoms with Crippen molar-refractivity contribution < 1.29 is 9.47 Å². The average molecular weight is 244 g/mol. The topological polar surface area (TPSA) is 47.7 Å². The molecule has 4 nitrogen and oxygen atoms in total. The molecule has 4 heteroatoms. The molecule has 0 saturated carbocycles. The molecule has 1 fully saturated rings. The van der Waals surface area contributed by atoms with Gasteiger partial charge in [-0.2, -0.15) is 0 Å². The second-order valence-electron chi connectivity index (χ2n) is 4.83. The number of methoxy groups -OCH3 is 1. The lowest BCUT2D eigenvalue weighted by Gasteiger charge is -2.38. The van der Waals surface area contributed by atoms with Crippen molar-refractivity contribution in [2.24, 2.45) is 11.7 Å². The Bertz CT molecular complexity index is 190. The SMILES string of the molecule is CCC1CCN(CCOCCOC)C(CN)C1. The summed E-state index contributed by atoms with van der Waals surface area (Å²) in [6.07, 6.45) is 3.85. The summed E-state index contributed by atoms with van der Waals surface area (Å²) < 4.78 is 10.5. The molecule has 0 aliphatic carbocycles. The third kappa shape index (κ3) is 5.34. The Kier molecular flexibility index (Phi) is 7.77. The van der Waals surface area contributed by atoms with Crippen LogP contribution in [0.4, 0.5) is 0 Å². The van der Waals surface area contributed by atoms with Crippen LogP contribution in [0.5, 0.6) is 0 Å². The molecule has 0 amide bonds. The predicted molar refractivity (Wildman–Crippen MR) is 70.1 cm³/mol. The van der Waals surface area contributed by atoms with Crippen LogP contribution < -0.4 is 5.73 Å². The van der Waals surface area contributed by atoms with Crippen LogP contribution in [0.15, 0.2) is 0 Å². The van der Waals surface area contributed by atoms with Gasteiger partial charge in [0.25, 0.3) is 0 Å². The molecule has 1 saturated heterocycles. The van der Waals surface area contributed by atoms with E-state index in [0.29, 0.717) is 19.3 Å². The van der Waals surface area contributed by atoms with Gasteiger partial charge in [-0.05, 0) is 25.3 Å². The van der Waals surface area contributed by atoms with Crippen LogP contribution in [0, 0.1) is 5.92 Å². The van der Waals surface area contributed by atoms with E-state index in [9.17, 15) is 0 Å². The van der Waals surface area contributed by atoms with Crippen molar-refractivity contribution in [3.8, 4) is 0 Å². The van der Waals surface area contributed by atoms with Gasteiger partial charge < -0.3 is 15.2 Å². The summed E-state index contributed by atoms with van der Waals surface area (Å²) in [5, 5.41) is 0. The first-order chi connectivity index (χ1) is 8.31. The maximum Gasteiger partial charge on any atom is 0.0700 e. The molecule has 0 aromatic carbocycles. The standard InChI is InChI=1S/C13H28N2O2/c1-3-12-4-5-15(13(10-12)11-14)6-7-17-9-8-16-2/h12-13H,3-11,14H2,1-2H3. The van der Waals surface area contributed by atoms with Crippen molar-refractivity contribution in [3.05, 3.63) is 0 Å². The Morgan fingerprint density at radius 1 is 1.29 bits per heavy atom. The molecular formula is C13H28N2O2. The number of nitrogens with two attached hydrogens (primary N) is 1. The maximum absolute atomic E-state index is 5.86. The molecule has 0 radical (unpaired) electrons. The van der Waals surface area contributed by atoms with Gasteiger partial charge in [0.1, 0.15) is 0 Å². The molecular weight excluding hydrogens is 216 g/mol. The molecule has 0 bridgehead atoms. The van der Waals surface area contributed by atoms with Crippen LogP contribution in [0.2, 0.25) is 0 Å². The largest absolute Gasteiger partial charge is 0.382 e. The zero-order valence-electron chi connectivity index (χ0n) is 11.4. The summed E-state index contributed by atoms with van der Waals surface area (Å²) in [4.78, 5) is 2.49. The highest BCUT2D eigenvalue weighted by Crippen LogP contribution is 2.24. The zero-order valence-corrected chi connectivity index (χ0v) is 11.4. The lowest BCUT2D eigenvalue weighted by atomic mass is 9.89. The second-order valence-corrected chi connectivity index (χ2v) is 4.83. The lowest BCUT2D eigenvalue weighted by Crippen LogP contribution is -2.47. The van der Waals surface area contributed by atoms with Crippen LogP contribution in [-0.2, 0) is 9.47 Å². The fraction of sp³-hybridized carbons (Fsp3) is 1.00. The summed E-state index contributed by atoms with van der Waals surface area (Å²) in [6, 6.07) is 0.555. The van der Waals surface area contributed by atoms with Crippen LogP contribution in [-0.4, -0.2) is 57.5 Å². The van der Waals surface area contributed by atoms with Crippen LogP contribution in [0.3, 0.4) is 0 Å². The molecule has 17 heavy (non-hydrogen) atoms. The summed E-state index contributed by atoms with van der Waals surface area (Å²) in [6.45, 7) is 7.39. The minimum atomic E-state index is 0.555. The Morgan fingerprint density at radius 3 is 2.76 bits per heavy atom. The number of nitrogens with zero attached hydrogens (tertiary/aromatic N) is 1. The molecule has 0 aromatic rings. The molecule has 0 spiro atoms. The second kappa shape index (κ2) is 8.86. The Hall–Kier alpha value is -0.160. The van der Waals surface area contributed by atoms with E-state index in [0.717, 1.165) is 25.6 Å². The summed E-state index contributed by atoms with van der Waals surface area (Å²) in [5.74, 6) is 0.870. The molecule has 2 unspecified atom stereocenters. The number of piperidine rings is 1. The molecule has 1 heterocycles. The van der Waals surface area contributed by atoms with Gasteiger partial charge in [0.2, 0.25) is 0 Å². The summed E-state index contributed by atoms with van der Waals surface area (Å²) in [5.41, 5.74) is 5.86. The molecule has 2 atom stereocenters. The van der Waals surface area contributed by atoms with Crippen molar-refractivity contribution in [1.29, 1.82) is 0 Å². The third-order valence-corrected chi connectivity index (χ3v) is 3.75. The minimum absolute atomic E-state index is 0.555. The van der Waals surface area contributed by atoms with Crippen molar-refractivity contribution in [3.63, 3.8) is 0 Å². The van der Waals surface area contributed by atoms with Gasteiger partial charge >= 0.3 is 0 Å². The molecule has 0 aromatic heterocycles. The van der Waals surface area contributed by atoms with E-state index >= 15 is 0 Å². The van der Waals surface area contributed by atoms with E-state index in [1.165, 1.54) is 25.8 Å². The summed E-state index contributed by atoms with van der Waals surface area (Å²) >= 11 is 0. The monoisotopic (exact) mass is 244 g/mol. The smallest absolute Gasteiger partial charge is 0.0700 e. The van der Waals surface area contributed by atoms with E-state index in [1.54, 1.807) is 7.11 Å². The predicted octanol–water partition coefficient (Wildman–Crippen LogP) is 1.10. The maximum atomic E-state index is 5.86. The number of rotatable bonds is 8. The highest BCUT2D eigenvalue weighted by molar-refractivity contribution is 4.81. The first-order valence-electron chi connectivity index (χ1n) is 6.82. The van der Waals surface area contributed by atoms with Crippen LogP contribution in [0.25, 0.3) is 0 Å². The van der Waals surface area contributed by atoms with Gasteiger partial charge in [0.05, 0.1) is 19.8 Å². The van der Waals surface area contributed by atoms with Crippen molar-refractivity contribution >= 4 is 0 Å². The number of hydrogen-bond acceptors (Lipinski definition) is 4. The molecule has 2 N–H and O–H groups in total. The number of ether oxygens (including phenoxy) is 2. The lowest BCUT2D eigenvalue weighted by molar-refractivity contribution is 0.0364. The van der Waals surface area contributed by atoms with Crippen LogP contribution >= 0.6 is 0 Å². The van der Waals surface area contributed by atoms with E-state index in [1.807, 2.05) is 0 Å². The normalized spacial score (nSPS) is 26.3. The van der Waals surface area contributed by atoms with E-state index in [-0.39, 0.29) is 0 Å². The highest BCUT2D eigenvalue weighted by atomic mass is 16.5. The third-order valence-electron chi connectivity index (χ3n) is 3.75. The Labute approximate surface area is 105 Å². The highest BCUT2D eigenvalue weighted by Gasteiger charge is 2.25. The van der Waals surface area contributed by atoms with E-state index < -0.39 is 0 Å². The van der Waals surface area contributed by atoms with Crippen molar-refractivity contribution in [1.82, 2.24) is 4.90 Å². The molecule has 1 rings (SSSR count). The van der Waals surface area contributed by atoms with Crippen molar-refractivity contribution in [2.45, 2.75) is 32.2 Å². The quantitative estimate of drug-likeness (QED) is 0.650. The van der Waals surface area contributed by atoms with Gasteiger partial charge in [-0.3, -0.25) is 4.90 Å². The average Bonchev–Trinajstić information content (AvgIpc) is 2.38. The first-order valence-corrected chi connectivity index (χ1v) is 6.82. The number of hydrogen-bond donors (Lipinski definition) is 1. The van der Waals surface area contributed by atoms with E-state index in [2.05, 4.69) is 11.8 Å². The molecule has 102 valence electrons. The first kappa shape index (κ1) is 14.9. The van der Waals surface area contributed by atoms with Crippen molar-refractivity contribution in [2.75, 3.05) is 46.6 Å². The molecule has 1 aliphatic rings. The van der Waals surface area contributed by atoms with E-state index in [4.69, 9.17) is 15.2 Å². The van der Waals surface area contributed by atoms with Gasteiger partial charge in [-0.1, -0.05) is 13.3 Å². The minimum Gasteiger partial charge on any atom is -0.382 e. The fourth-order valence-electron chi connectivity index (χ4n) is 2.52. The summed E-state index contributed by atoms with van der Waals surface area (Å²) in [7, 11) is 1.70. The Morgan fingerprint density at radius 2 is 2.12 bits per heavy atom.